The van der Waals surface area contributed by atoms with E-state index in [1.54, 1.807) is 6.07 Å². The van der Waals surface area contributed by atoms with Gasteiger partial charge in [-0.3, -0.25) is 9.59 Å². The van der Waals surface area contributed by atoms with Crippen LogP contribution < -0.4 is 10.6 Å². The number of halogens is 1. The molecular formula is C21H23FN2O2. The van der Waals surface area contributed by atoms with E-state index >= 15 is 0 Å². The molecule has 0 aliphatic rings. The van der Waals surface area contributed by atoms with Crippen LogP contribution in [-0.2, 0) is 16.1 Å². The first-order valence-electron chi connectivity index (χ1n) is 8.55. The lowest BCUT2D eigenvalue weighted by molar-refractivity contribution is -0.128. The maximum Gasteiger partial charge on any atom is 0.242 e. The van der Waals surface area contributed by atoms with Crippen LogP contribution in [0.15, 0.2) is 48.5 Å². The summed E-state index contributed by atoms with van der Waals surface area (Å²) in [4.78, 5) is 23.2. The van der Waals surface area contributed by atoms with Crippen molar-refractivity contribution in [3.63, 3.8) is 0 Å². The van der Waals surface area contributed by atoms with Gasteiger partial charge in [-0.05, 0) is 35.2 Å². The fraction of sp³-hybridized carbons (Fsp3) is 0.238. The summed E-state index contributed by atoms with van der Waals surface area (Å²) in [6, 6.07) is 13.6. The SMILES string of the molecule is CC[C@@H](NC(C)=O)C(=O)NCc1ccc(/C=C/c2cccc(F)c2)cc1. The van der Waals surface area contributed by atoms with Crippen molar-refractivity contribution in [1.29, 1.82) is 0 Å². The van der Waals surface area contributed by atoms with Crippen LogP contribution in [0.5, 0.6) is 0 Å². The van der Waals surface area contributed by atoms with E-state index in [1.807, 2.05) is 49.4 Å². The Morgan fingerprint density at radius 1 is 1.08 bits per heavy atom. The van der Waals surface area contributed by atoms with Gasteiger partial charge in [0.05, 0.1) is 0 Å². The molecule has 0 aliphatic carbocycles. The zero-order valence-electron chi connectivity index (χ0n) is 15.0. The number of carbonyl (C=O) groups excluding carboxylic acids is 2. The molecule has 2 N–H and O–H groups in total. The van der Waals surface area contributed by atoms with Gasteiger partial charge < -0.3 is 10.6 Å². The van der Waals surface area contributed by atoms with Crippen LogP contribution in [-0.4, -0.2) is 17.9 Å². The molecule has 1 atom stereocenters. The summed E-state index contributed by atoms with van der Waals surface area (Å²) in [6.45, 7) is 3.63. The average Bonchev–Trinajstić information content (AvgIpc) is 2.63. The summed E-state index contributed by atoms with van der Waals surface area (Å²) >= 11 is 0. The van der Waals surface area contributed by atoms with E-state index < -0.39 is 6.04 Å². The lowest BCUT2D eigenvalue weighted by Gasteiger charge is -2.15. The van der Waals surface area contributed by atoms with Crippen molar-refractivity contribution in [1.82, 2.24) is 10.6 Å². The van der Waals surface area contributed by atoms with Crippen LogP contribution >= 0.6 is 0 Å². The van der Waals surface area contributed by atoms with Gasteiger partial charge in [0, 0.05) is 13.5 Å². The summed E-state index contributed by atoms with van der Waals surface area (Å²) < 4.78 is 13.2. The molecule has 0 saturated carbocycles. The predicted molar refractivity (Wildman–Crippen MR) is 102 cm³/mol. The van der Waals surface area contributed by atoms with E-state index in [2.05, 4.69) is 10.6 Å². The Morgan fingerprint density at radius 2 is 1.77 bits per heavy atom. The van der Waals surface area contributed by atoms with Gasteiger partial charge in [-0.15, -0.1) is 0 Å². The molecule has 4 nitrogen and oxygen atoms in total. The average molecular weight is 354 g/mol. The van der Waals surface area contributed by atoms with Crippen molar-refractivity contribution in [3.8, 4) is 0 Å². The molecule has 0 bridgehead atoms. The van der Waals surface area contributed by atoms with Gasteiger partial charge in [-0.2, -0.15) is 0 Å². The molecule has 0 spiro atoms. The van der Waals surface area contributed by atoms with Gasteiger partial charge in [0.1, 0.15) is 11.9 Å². The van der Waals surface area contributed by atoms with Crippen molar-refractivity contribution >= 4 is 24.0 Å². The molecule has 0 aromatic heterocycles. The minimum atomic E-state index is -0.513. The molecule has 0 unspecified atom stereocenters. The normalized spacial score (nSPS) is 12.0. The van der Waals surface area contributed by atoms with Crippen LogP contribution in [0.25, 0.3) is 12.2 Å². The van der Waals surface area contributed by atoms with Crippen molar-refractivity contribution in [3.05, 3.63) is 71.0 Å². The molecule has 2 aromatic rings. The second-order valence-corrected chi connectivity index (χ2v) is 6.01. The molecule has 2 aromatic carbocycles. The number of hydrogen-bond acceptors (Lipinski definition) is 2. The van der Waals surface area contributed by atoms with Crippen LogP contribution in [0.4, 0.5) is 4.39 Å². The van der Waals surface area contributed by atoms with Crippen LogP contribution in [0.2, 0.25) is 0 Å². The topological polar surface area (TPSA) is 58.2 Å². The summed E-state index contributed by atoms with van der Waals surface area (Å²) in [7, 11) is 0. The number of carbonyl (C=O) groups is 2. The fourth-order valence-electron chi connectivity index (χ4n) is 2.46. The molecule has 0 radical (unpaired) electrons. The second kappa shape index (κ2) is 9.51. The Bertz CT molecular complexity index is 785. The standard InChI is InChI=1S/C21H23FN2O2/c1-3-20(24-15(2)25)21(26)23-14-18-11-8-16(9-12-18)7-10-17-5-4-6-19(22)13-17/h4-13,20H,3,14H2,1-2H3,(H,23,26)(H,24,25)/b10-7+/t20-/m1/s1. The van der Waals surface area contributed by atoms with Crippen molar-refractivity contribution < 1.29 is 14.0 Å². The van der Waals surface area contributed by atoms with Gasteiger partial charge in [-0.25, -0.2) is 4.39 Å². The Balaban J connectivity index is 1.91. The first-order chi connectivity index (χ1) is 12.5. The third-order valence-electron chi connectivity index (χ3n) is 3.87. The van der Waals surface area contributed by atoms with Gasteiger partial charge in [0.2, 0.25) is 11.8 Å². The van der Waals surface area contributed by atoms with Crippen LogP contribution in [0.3, 0.4) is 0 Å². The minimum Gasteiger partial charge on any atom is -0.350 e. The summed E-state index contributed by atoms with van der Waals surface area (Å²) in [5.41, 5.74) is 2.73. The minimum absolute atomic E-state index is 0.197. The lowest BCUT2D eigenvalue weighted by atomic mass is 10.1. The Morgan fingerprint density at radius 3 is 2.38 bits per heavy atom. The Kier molecular flexibility index (Phi) is 7.09. The number of nitrogens with one attached hydrogen (secondary N) is 2. The van der Waals surface area contributed by atoms with Gasteiger partial charge in [-0.1, -0.05) is 55.5 Å². The smallest absolute Gasteiger partial charge is 0.242 e. The highest BCUT2D eigenvalue weighted by molar-refractivity contribution is 5.86. The van der Waals surface area contributed by atoms with E-state index in [-0.39, 0.29) is 17.6 Å². The van der Waals surface area contributed by atoms with Crippen LogP contribution in [0.1, 0.15) is 37.0 Å². The molecule has 26 heavy (non-hydrogen) atoms. The highest BCUT2D eigenvalue weighted by Crippen LogP contribution is 2.11. The van der Waals surface area contributed by atoms with Crippen molar-refractivity contribution in [2.24, 2.45) is 0 Å². The maximum absolute atomic E-state index is 13.2. The monoisotopic (exact) mass is 354 g/mol. The fourth-order valence-corrected chi connectivity index (χ4v) is 2.46. The zero-order chi connectivity index (χ0) is 18.9. The maximum atomic E-state index is 13.2. The van der Waals surface area contributed by atoms with E-state index in [0.717, 1.165) is 16.7 Å². The molecule has 136 valence electrons. The van der Waals surface area contributed by atoms with Crippen LogP contribution in [0, 0.1) is 5.82 Å². The highest BCUT2D eigenvalue weighted by atomic mass is 19.1. The third kappa shape index (κ3) is 6.16. The van der Waals surface area contributed by atoms with Gasteiger partial charge in [0.15, 0.2) is 0 Å². The third-order valence-corrected chi connectivity index (χ3v) is 3.87. The van der Waals surface area contributed by atoms with E-state index in [4.69, 9.17) is 0 Å². The Hall–Kier alpha value is -2.95. The molecule has 0 fully saturated rings. The van der Waals surface area contributed by atoms with E-state index in [9.17, 15) is 14.0 Å². The highest BCUT2D eigenvalue weighted by Gasteiger charge is 2.16. The van der Waals surface area contributed by atoms with Crippen molar-refractivity contribution in [2.45, 2.75) is 32.9 Å². The number of benzene rings is 2. The first-order valence-corrected chi connectivity index (χ1v) is 8.55. The lowest BCUT2D eigenvalue weighted by Crippen LogP contribution is -2.45. The summed E-state index contributed by atoms with van der Waals surface area (Å²) in [6.07, 6.45) is 4.29. The zero-order valence-corrected chi connectivity index (χ0v) is 15.0. The number of rotatable bonds is 7. The van der Waals surface area contributed by atoms with E-state index in [1.165, 1.54) is 19.1 Å². The molecule has 2 rings (SSSR count). The molecule has 2 amide bonds. The van der Waals surface area contributed by atoms with E-state index in [0.29, 0.717) is 13.0 Å². The molecule has 0 aliphatic heterocycles. The predicted octanol–water partition coefficient (Wildman–Crippen LogP) is 3.53. The van der Waals surface area contributed by atoms with Crippen molar-refractivity contribution in [2.75, 3.05) is 0 Å². The second-order valence-electron chi connectivity index (χ2n) is 6.01. The Labute approximate surface area is 153 Å². The molecule has 0 heterocycles. The molecule has 5 heteroatoms. The molecule has 0 saturated heterocycles. The van der Waals surface area contributed by atoms with Gasteiger partial charge in [0.25, 0.3) is 0 Å². The number of hydrogen-bond donors (Lipinski definition) is 2. The van der Waals surface area contributed by atoms with Gasteiger partial charge >= 0.3 is 0 Å². The summed E-state index contributed by atoms with van der Waals surface area (Å²) in [5, 5.41) is 5.45. The quantitative estimate of drug-likeness (QED) is 0.748. The summed E-state index contributed by atoms with van der Waals surface area (Å²) in [5.74, 6) is -0.679. The largest absolute Gasteiger partial charge is 0.350 e. The number of amides is 2. The first kappa shape index (κ1) is 19.4. The molecular weight excluding hydrogens is 331 g/mol.